The third-order valence-corrected chi connectivity index (χ3v) is 6.48. The highest BCUT2D eigenvalue weighted by Gasteiger charge is 2.52. The normalized spacial score (nSPS) is 27.9. The van der Waals surface area contributed by atoms with Gasteiger partial charge >= 0.3 is 7.60 Å². The van der Waals surface area contributed by atoms with E-state index in [4.69, 9.17) is 9.05 Å². The molecule has 0 radical (unpaired) electrons. The second-order valence-corrected chi connectivity index (χ2v) is 7.17. The maximum atomic E-state index is 13.0. The zero-order valence-corrected chi connectivity index (χ0v) is 12.7. The number of hydrogen-bond donors (Lipinski definition) is 0. The van der Waals surface area contributed by atoms with Gasteiger partial charge in [-0.25, -0.2) is 0 Å². The molecule has 1 spiro atoms. The summed E-state index contributed by atoms with van der Waals surface area (Å²) in [5.41, 5.74) is -0.557. The molecule has 0 bridgehead atoms. The van der Waals surface area contributed by atoms with E-state index >= 15 is 0 Å². The topological polar surface area (TPSA) is 52.6 Å². The first-order valence-corrected chi connectivity index (χ1v) is 8.77. The van der Waals surface area contributed by atoms with Gasteiger partial charge in [0.25, 0.3) is 0 Å². The zero-order valence-electron chi connectivity index (χ0n) is 11.8. The third-order valence-electron chi connectivity index (χ3n) is 4.08. The van der Waals surface area contributed by atoms with Gasteiger partial charge in [-0.05, 0) is 39.5 Å². The van der Waals surface area contributed by atoms with Gasteiger partial charge in [0.1, 0.15) is 5.78 Å². The molecule has 2 rings (SSSR count). The van der Waals surface area contributed by atoms with Crippen molar-refractivity contribution in [2.45, 2.75) is 52.4 Å². The predicted molar refractivity (Wildman–Crippen MR) is 74.1 cm³/mol. The molecule has 1 saturated carbocycles. The van der Waals surface area contributed by atoms with E-state index in [0.717, 1.165) is 32.1 Å². The van der Waals surface area contributed by atoms with Gasteiger partial charge in [-0.2, -0.15) is 0 Å². The second kappa shape index (κ2) is 5.90. The van der Waals surface area contributed by atoms with Gasteiger partial charge in [0.05, 0.1) is 23.9 Å². The van der Waals surface area contributed by atoms with E-state index in [9.17, 15) is 9.36 Å². The lowest BCUT2D eigenvalue weighted by Gasteiger charge is -2.36. The molecule has 0 aromatic carbocycles. The molecular formula is C14H23O4P. The molecule has 108 valence electrons. The summed E-state index contributed by atoms with van der Waals surface area (Å²) in [4.78, 5) is 12.4. The van der Waals surface area contributed by atoms with Crippen molar-refractivity contribution >= 4 is 13.4 Å². The van der Waals surface area contributed by atoms with Gasteiger partial charge < -0.3 is 9.05 Å². The van der Waals surface area contributed by atoms with Crippen LogP contribution in [0.1, 0.15) is 52.4 Å². The Morgan fingerprint density at radius 1 is 1.21 bits per heavy atom. The molecule has 1 atom stereocenters. The smallest absolute Gasteiger partial charge is 0.306 e. The summed E-state index contributed by atoms with van der Waals surface area (Å²) in [6.07, 6.45) is 6.84. The number of ketones is 1. The molecule has 4 nitrogen and oxygen atoms in total. The van der Waals surface area contributed by atoms with Gasteiger partial charge in [0.15, 0.2) is 0 Å². The number of carbonyl (C=O) groups excluding carboxylic acids is 1. The molecule has 5 heteroatoms. The van der Waals surface area contributed by atoms with Crippen LogP contribution in [0.4, 0.5) is 0 Å². The van der Waals surface area contributed by atoms with Crippen LogP contribution in [0.15, 0.2) is 11.4 Å². The van der Waals surface area contributed by atoms with Gasteiger partial charge in [-0.3, -0.25) is 9.36 Å². The Kier molecular flexibility index (Phi) is 4.65. The van der Waals surface area contributed by atoms with E-state index in [2.05, 4.69) is 0 Å². The Morgan fingerprint density at radius 3 is 2.47 bits per heavy atom. The molecule has 0 aromatic heterocycles. The Bertz CT molecular complexity index is 419. The third kappa shape index (κ3) is 2.58. The van der Waals surface area contributed by atoms with Crippen LogP contribution in [0.25, 0.3) is 0 Å². The largest absolute Gasteiger partial charge is 0.358 e. The minimum atomic E-state index is -3.30. The summed E-state index contributed by atoms with van der Waals surface area (Å²) < 4.78 is 23.9. The average Bonchev–Trinajstić information content (AvgIpc) is 2.79. The average molecular weight is 286 g/mol. The van der Waals surface area contributed by atoms with Crippen LogP contribution >= 0.6 is 7.60 Å². The molecule has 0 aromatic rings. The minimum absolute atomic E-state index is 0.224. The zero-order chi connectivity index (χ0) is 13.9. The Balaban J connectivity index is 2.35. The van der Waals surface area contributed by atoms with Crippen LogP contribution < -0.4 is 0 Å². The van der Waals surface area contributed by atoms with Crippen LogP contribution in [0.3, 0.4) is 0 Å². The Morgan fingerprint density at radius 2 is 1.89 bits per heavy atom. The molecule has 0 unspecified atom stereocenters. The van der Waals surface area contributed by atoms with Gasteiger partial charge in [0, 0.05) is 6.42 Å². The van der Waals surface area contributed by atoms with E-state index in [1.165, 1.54) is 0 Å². The second-order valence-electron chi connectivity index (χ2n) is 5.17. The summed E-state index contributed by atoms with van der Waals surface area (Å²) in [6.45, 7) is 4.27. The molecule has 1 fully saturated rings. The van der Waals surface area contributed by atoms with Crippen molar-refractivity contribution in [3.8, 4) is 0 Å². The summed E-state index contributed by atoms with van der Waals surface area (Å²) in [5.74, 6) is 0.224. The Hall–Kier alpha value is -0.440. The first-order chi connectivity index (χ1) is 9.09. The first kappa shape index (κ1) is 15.0. The maximum absolute atomic E-state index is 13.0. The molecule has 0 amide bonds. The maximum Gasteiger partial charge on any atom is 0.358 e. The van der Waals surface area contributed by atoms with Crippen LogP contribution in [-0.4, -0.2) is 19.0 Å². The highest BCUT2D eigenvalue weighted by molar-refractivity contribution is 7.58. The highest BCUT2D eigenvalue weighted by Crippen LogP contribution is 2.67. The number of allylic oxidation sites excluding steroid dienone is 2. The molecule has 0 aliphatic heterocycles. The fraction of sp³-hybridized carbons (Fsp3) is 0.786. The van der Waals surface area contributed by atoms with Crippen molar-refractivity contribution in [1.29, 1.82) is 0 Å². The molecule has 19 heavy (non-hydrogen) atoms. The molecule has 0 N–H and O–H groups in total. The van der Waals surface area contributed by atoms with Gasteiger partial charge in [0.2, 0.25) is 0 Å². The quantitative estimate of drug-likeness (QED) is 0.715. The van der Waals surface area contributed by atoms with Crippen LogP contribution in [0, 0.1) is 5.41 Å². The lowest BCUT2D eigenvalue weighted by molar-refractivity contribution is -0.128. The van der Waals surface area contributed by atoms with E-state index in [1.54, 1.807) is 13.8 Å². The van der Waals surface area contributed by atoms with Crippen LogP contribution in [0.2, 0.25) is 0 Å². The summed E-state index contributed by atoms with van der Waals surface area (Å²) >= 11 is 0. The van der Waals surface area contributed by atoms with Crippen molar-refractivity contribution in [3.05, 3.63) is 11.4 Å². The van der Waals surface area contributed by atoms with Gasteiger partial charge in [-0.15, -0.1) is 0 Å². The molecular weight excluding hydrogens is 263 g/mol. The van der Waals surface area contributed by atoms with E-state index < -0.39 is 13.0 Å². The van der Waals surface area contributed by atoms with Crippen molar-refractivity contribution < 1.29 is 18.4 Å². The lowest BCUT2D eigenvalue weighted by atomic mass is 9.72. The van der Waals surface area contributed by atoms with Crippen LogP contribution in [-0.2, 0) is 18.4 Å². The summed E-state index contributed by atoms with van der Waals surface area (Å²) in [6, 6.07) is 0. The first-order valence-electron chi connectivity index (χ1n) is 7.22. The standard InChI is InChI=1S/C14H23O4P/c1-3-17-19(16,18-4-2)13-9-7-11-14(13)10-6-5-8-12(14)15/h9H,3-8,10-11H2,1-2H3/t14-/m1/s1. The highest BCUT2D eigenvalue weighted by atomic mass is 31.2. The lowest BCUT2D eigenvalue weighted by Crippen LogP contribution is -2.34. The number of carbonyl (C=O) groups is 1. The monoisotopic (exact) mass is 286 g/mol. The van der Waals surface area contributed by atoms with Crippen LogP contribution in [0.5, 0.6) is 0 Å². The van der Waals surface area contributed by atoms with Crippen molar-refractivity contribution in [2.75, 3.05) is 13.2 Å². The fourth-order valence-electron chi connectivity index (χ4n) is 3.30. The summed E-state index contributed by atoms with van der Waals surface area (Å²) in [7, 11) is -3.30. The van der Waals surface area contributed by atoms with Gasteiger partial charge in [-0.1, -0.05) is 12.5 Å². The molecule has 0 heterocycles. The molecule has 2 aliphatic rings. The minimum Gasteiger partial charge on any atom is -0.306 e. The van der Waals surface area contributed by atoms with E-state index in [1.807, 2.05) is 6.08 Å². The Labute approximate surface area is 115 Å². The van der Waals surface area contributed by atoms with E-state index in [-0.39, 0.29) is 5.78 Å². The van der Waals surface area contributed by atoms with E-state index in [0.29, 0.717) is 24.9 Å². The molecule has 2 aliphatic carbocycles. The molecule has 0 saturated heterocycles. The summed E-state index contributed by atoms with van der Waals surface area (Å²) in [5, 5.41) is 0.647. The number of rotatable bonds is 5. The number of Topliss-reactive ketones (excluding diaryl/α,β-unsaturated/α-hetero) is 1. The number of hydrogen-bond acceptors (Lipinski definition) is 4. The van der Waals surface area contributed by atoms with Crippen molar-refractivity contribution in [2.24, 2.45) is 5.41 Å². The van der Waals surface area contributed by atoms with Crippen molar-refractivity contribution in [1.82, 2.24) is 0 Å². The van der Waals surface area contributed by atoms with Crippen molar-refractivity contribution in [3.63, 3.8) is 0 Å². The predicted octanol–water partition coefficient (Wildman–Crippen LogP) is 4.06. The fourth-order valence-corrected chi connectivity index (χ4v) is 5.55. The SMILES string of the molecule is CCOP(=O)(OCC)C1=CCC[C@@]12CCCCC2=O.